The molecule has 31 heavy (non-hydrogen) atoms. The monoisotopic (exact) mass is 427 g/mol. The van der Waals surface area contributed by atoms with Crippen LogP contribution in [0, 0.1) is 23.2 Å². The van der Waals surface area contributed by atoms with Crippen LogP contribution in [0.2, 0.25) is 0 Å². The van der Waals surface area contributed by atoms with Crippen LogP contribution >= 0.6 is 0 Å². The molecule has 4 aliphatic rings. The van der Waals surface area contributed by atoms with E-state index >= 15 is 0 Å². The molecule has 6 heteroatoms. The highest BCUT2D eigenvalue weighted by atomic mass is 16.5. The van der Waals surface area contributed by atoms with Crippen LogP contribution < -0.4 is 14.8 Å². The Hall–Kier alpha value is -2.50. The largest absolute Gasteiger partial charge is 0.493 e. The normalized spacial score (nSPS) is 29.6. The minimum Gasteiger partial charge on any atom is -0.493 e. The summed E-state index contributed by atoms with van der Waals surface area (Å²) in [6.45, 7) is 1.87. The van der Waals surface area contributed by atoms with E-state index in [1.54, 1.807) is 32.4 Å². The van der Waals surface area contributed by atoms with E-state index in [0.717, 1.165) is 23.3 Å². The van der Waals surface area contributed by atoms with Crippen molar-refractivity contribution in [2.24, 2.45) is 23.2 Å². The van der Waals surface area contributed by atoms with Crippen LogP contribution in [0.3, 0.4) is 0 Å². The second-order valence-corrected chi connectivity index (χ2v) is 9.62. The molecule has 6 nitrogen and oxygen atoms in total. The smallest absolute Gasteiger partial charge is 0.331 e. The lowest BCUT2D eigenvalue weighted by molar-refractivity contribution is -0.145. The lowest BCUT2D eigenvalue weighted by Gasteiger charge is -2.59. The van der Waals surface area contributed by atoms with E-state index < -0.39 is 5.97 Å². The highest BCUT2D eigenvalue weighted by molar-refractivity contribution is 5.89. The number of benzene rings is 1. The van der Waals surface area contributed by atoms with Gasteiger partial charge in [0.15, 0.2) is 18.1 Å². The third-order valence-electron chi connectivity index (χ3n) is 7.55. The van der Waals surface area contributed by atoms with Crippen LogP contribution in [0.25, 0.3) is 6.08 Å². The van der Waals surface area contributed by atoms with Crippen molar-refractivity contribution in [1.29, 1.82) is 0 Å². The van der Waals surface area contributed by atoms with Gasteiger partial charge in [0.25, 0.3) is 5.91 Å². The average Bonchev–Trinajstić information content (AvgIpc) is 2.75. The van der Waals surface area contributed by atoms with Crippen molar-refractivity contribution in [2.45, 2.75) is 51.5 Å². The molecule has 5 rings (SSSR count). The quantitative estimate of drug-likeness (QED) is 0.502. The predicted molar refractivity (Wildman–Crippen MR) is 118 cm³/mol. The maximum atomic E-state index is 12.4. The molecule has 0 aliphatic heterocycles. The molecular weight excluding hydrogens is 394 g/mol. The summed E-state index contributed by atoms with van der Waals surface area (Å²) in [4.78, 5) is 24.5. The zero-order chi connectivity index (χ0) is 22.0. The third kappa shape index (κ3) is 4.73. The Balaban J connectivity index is 1.26. The van der Waals surface area contributed by atoms with Gasteiger partial charge in [0, 0.05) is 12.1 Å². The summed E-state index contributed by atoms with van der Waals surface area (Å²) in [7, 11) is 3.13. The first-order chi connectivity index (χ1) is 14.9. The topological polar surface area (TPSA) is 73.9 Å². The van der Waals surface area contributed by atoms with E-state index in [4.69, 9.17) is 14.2 Å². The number of esters is 1. The Morgan fingerprint density at radius 1 is 1.06 bits per heavy atom. The minimum absolute atomic E-state index is 0.120. The summed E-state index contributed by atoms with van der Waals surface area (Å²) in [5.41, 5.74) is 1.01. The van der Waals surface area contributed by atoms with E-state index in [2.05, 4.69) is 12.2 Å². The molecule has 0 radical (unpaired) electrons. The zero-order valence-electron chi connectivity index (χ0n) is 18.7. The molecule has 1 aromatic rings. The predicted octanol–water partition coefficient (Wildman–Crippen LogP) is 3.98. The van der Waals surface area contributed by atoms with Gasteiger partial charge < -0.3 is 19.5 Å². The summed E-state index contributed by atoms with van der Waals surface area (Å²) >= 11 is 0. The number of carbonyl (C=O) groups is 2. The fourth-order valence-corrected chi connectivity index (χ4v) is 6.45. The van der Waals surface area contributed by atoms with Gasteiger partial charge >= 0.3 is 5.97 Å². The van der Waals surface area contributed by atoms with Crippen molar-refractivity contribution < 1.29 is 23.8 Å². The number of carbonyl (C=O) groups excluding carboxylic acids is 2. The number of amides is 1. The summed E-state index contributed by atoms with van der Waals surface area (Å²) in [5.74, 6) is 2.94. The van der Waals surface area contributed by atoms with Crippen molar-refractivity contribution in [1.82, 2.24) is 5.32 Å². The highest BCUT2D eigenvalue weighted by Gasteiger charge is 2.53. The Kier molecular flexibility index (Phi) is 6.26. The van der Waals surface area contributed by atoms with Gasteiger partial charge in [-0.3, -0.25) is 4.79 Å². The molecule has 0 saturated heterocycles. The van der Waals surface area contributed by atoms with Crippen LogP contribution in [0.5, 0.6) is 11.5 Å². The molecule has 0 heterocycles. The average molecular weight is 428 g/mol. The molecule has 1 atom stereocenters. The van der Waals surface area contributed by atoms with Crippen molar-refractivity contribution >= 4 is 18.0 Å². The first-order valence-electron chi connectivity index (χ1n) is 11.3. The van der Waals surface area contributed by atoms with Gasteiger partial charge in [-0.15, -0.1) is 0 Å². The SMILES string of the molecule is COc1ccc(/C=C/C(=O)OCC(=O)N[C@H](C)C23CC4CC(CC(C4)C2)C3)cc1OC. The number of rotatable bonds is 8. The molecule has 0 aromatic heterocycles. The summed E-state index contributed by atoms with van der Waals surface area (Å²) < 4.78 is 15.6. The number of hydrogen-bond acceptors (Lipinski definition) is 5. The Morgan fingerprint density at radius 2 is 1.68 bits per heavy atom. The molecule has 168 valence electrons. The fraction of sp³-hybridized carbons (Fsp3) is 0.600. The molecule has 1 aromatic carbocycles. The number of hydrogen-bond donors (Lipinski definition) is 1. The Morgan fingerprint density at radius 3 is 2.26 bits per heavy atom. The molecule has 4 bridgehead atoms. The van der Waals surface area contributed by atoms with Gasteiger partial charge in [-0.25, -0.2) is 4.79 Å². The second kappa shape index (κ2) is 8.93. The molecule has 4 aliphatic carbocycles. The summed E-state index contributed by atoms with van der Waals surface area (Å²) in [5, 5.41) is 3.12. The first kappa shape index (κ1) is 21.7. The van der Waals surface area contributed by atoms with E-state index in [1.165, 1.54) is 44.6 Å². The Bertz CT molecular complexity index is 826. The molecule has 0 unspecified atom stereocenters. The molecule has 1 amide bonds. The number of methoxy groups -OCH3 is 2. The fourth-order valence-electron chi connectivity index (χ4n) is 6.45. The molecule has 4 saturated carbocycles. The van der Waals surface area contributed by atoms with Crippen molar-refractivity contribution in [3.05, 3.63) is 29.8 Å². The molecule has 1 N–H and O–H groups in total. The van der Waals surface area contributed by atoms with Gasteiger partial charge in [0.2, 0.25) is 0 Å². The minimum atomic E-state index is -0.549. The number of ether oxygens (including phenoxy) is 3. The van der Waals surface area contributed by atoms with Crippen molar-refractivity contribution in [3.8, 4) is 11.5 Å². The van der Waals surface area contributed by atoms with Crippen LogP contribution in [0.1, 0.15) is 51.0 Å². The maximum Gasteiger partial charge on any atom is 0.331 e. The second-order valence-electron chi connectivity index (χ2n) is 9.62. The van der Waals surface area contributed by atoms with Crippen LogP contribution in [-0.2, 0) is 14.3 Å². The number of nitrogens with one attached hydrogen (secondary N) is 1. The highest BCUT2D eigenvalue weighted by Crippen LogP contribution is 2.61. The lowest BCUT2D eigenvalue weighted by Crippen LogP contribution is -2.56. The van der Waals surface area contributed by atoms with Crippen LogP contribution in [0.15, 0.2) is 24.3 Å². The molecular formula is C25H33NO5. The standard InChI is InChI=1S/C25H33NO5/c1-16(25-12-18-8-19(13-25)10-20(9-18)14-25)26-23(27)15-31-24(28)7-5-17-4-6-21(29-2)22(11-17)30-3/h4-7,11,16,18-20H,8-10,12-15H2,1-3H3,(H,26,27)/b7-5+/t16-,18?,19?,20?,25?/m1/s1. The van der Waals surface area contributed by atoms with Crippen molar-refractivity contribution in [3.63, 3.8) is 0 Å². The Labute approximate surface area is 184 Å². The molecule has 4 fully saturated rings. The van der Waals surface area contributed by atoms with Gasteiger partial charge in [0.05, 0.1) is 14.2 Å². The van der Waals surface area contributed by atoms with Gasteiger partial charge in [-0.05, 0) is 92.4 Å². The van der Waals surface area contributed by atoms with Gasteiger partial charge in [0.1, 0.15) is 0 Å². The van der Waals surface area contributed by atoms with E-state index in [-0.39, 0.29) is 24.0 Å². The lowest BCUT2D eigenvalue weighted by atomic mass is 9.48. The zero-order valence-corrected chi connectivity index (χ0v) is 18.7. The first-order valence-corrected chi connectivity index (χ1v) is 11.3. The van der Waals surface area contributed by atoms with Crippen molar-refractivity contribution in [2.75, 3.05) is 20.8 Å². The third-order valence-corrected chi connectivity index (χ3v) is 7.55. The van der Waals surface area contributed by atoms with E-state index in [9.17, 15) is 9.59 Å². The van der Waals surface area contributed by atoms with Gasteiger partial charge in [-0.2, -0.15) is 0 Å². The van der Waals surface area contributed by atoms with Crippen LogP contribution in [0.4, 0.5) is 0 Å². The van der Waals surface area contributed by atoms with Gasteiger partial charge in [-0.1, -0.05) is 6.07 Å². The van der Waals surface area contributed by atoms with E-state index in [1.807, 2.05) is 6.07 Å². The summed E-state index contributed by atoms with van der Waals surface area (Å²) in [6.07, 6.45) is 10.8. The molecule has 0 spiro atoms. The van der Waals surface area contributed by atoms with Crippen LogP contribution in [-0.4, -0.2) is 38.7 Å². The maximum absolute atomic E-state index is 12.4. The summed E-state index contributed by atoms with van der Waals surface area (Å²) in [6, 6.07) is 5.46. The van der Waals surface area contributed by atoms with E-state index in [0.29, 0.717) is 11.5 Å².